The number of anilines is 2. The Balaban J connectivity index is 1.87. The van der Waals surface area contributed by atoms with Crippen LogP contribution in [0.3, 0.4) is 0 Å². The monoisotopic (exact) mass is 329 g/mol. The lowest BCUT2D eigenvalue weighted by atomic mass is 10.1. The van der Waals surface area contributed by atoms with E-state index in [1.165, 1.54) is 18.5 Å². The van der Waals surface area contributed by atoms with Crippen LogP contribution in [0.15, 0.2) is 47.9 Å². The molecular formula is C16H16FN5O2. The SMILES string of the molecule is Nc1ncc(-c2ccc(N3C=CC=NC3OCCO)cc2F)cn1. The van der Waals surface area contributed by atoms with Gasteiger partial charge in [-0.1, -0.05) is 0 Å². The number of ether oxygens (including phenoxy) is 1. The number of aliphatic hydroxyl groups is 1. The molecule has 1 aromatic heterocycles. The van der Waals surface area contributed by atoms with Crippen LogP contribution in [0.5, 0.6) is 0 Å². The van der Waals surface area contributed by atoms with E-state index in [4.69, 9.17) is 15.6 Å². The molecule has 3 rings (SSSR count). The molecule has 0 fully saturated rings. The third kappa shape index (κ3) is 3.39. The first-order valence-corrected chi connectivity index (χ1v) is 7.27. The van der Waals surface area contributed by atoms with Crippen molar-refractivity contribution < 1.29 is 14.2 Å². The quantitative estimate of drug-likeness (QED) is 0.864. The smallest absolute Gasteiger partial charge is 0.231 e. The fourth-order valence-electron chi connectivity index (χ4n) is 2.27. The number of hydrogen-bond acceptors (Lipinski definition) is 7. The number of rotatable bonds is 5. The van der Waals surface area contributed by atoms with E-state index in [9.17, 15) is 4.39 Å². The van der Waals surface area contributed by atoms with Crippen LogP contribution in [0, 0.1) is 5.82 Å². The molecule has 0 radical (unpaired) electrons. The first-order valence-electron chi connectivity index (χ1n) is 7.27. The number of aliphatic imine (C=N–C) groups is 1. The second kappa shape index (κ2) is 7.16. The normalized spacial score (nSPS) is 16.6. The molecule has 0 saturated carbocycles. The third-order valence-corrected chi connectivity index (χ3v) is 3.38. The maximum Gasteiger partial charge on any atom is 0.231 e. The molecule has 0 amide bonds. The van der Waals surface area contributed by atoms with Gasteiger partial charge in [-0.15, -0.1) is 0 Å². The van der Waals surface area contributed by atoms with Crippen molar-refractivity contribution in [2.75, 3.05) is 23.8 Å². The molecular weight excluding hydrogens is 313 g/mol. The summed E-state index contributed by atoms with van der Waals surface area (Å²) < 4.78 is 20.0. The van der Waals surface area contributed by atoms with Crippen LogP contribution >= 0.6 is 0 Å². The van der Waals surface area contributed by atoms with Gasteiger partial charge in [-0.3, -0.25) is 0 Å². The summed E-state index contributed by atoms with van der Waals surface area (Å²) in [5, 5.41) is 8.89. The van der Waals surface area contributed by atoms with E-state index in [2.05, 4.69) is 15.0 Å². The topological polar surface area (TPSA) is 96.9 Å². The second-order valence-corrected chi connectivity index (χ2v) is 4.96. The minimum Gasteiger partial charge on any atom is -0.394 e. The summed E-state index contributed by atoms with van der Waals surface area (Å²) in [4.78, 5) is 13.6. The van der Waals surface area contributed by atoms with Gasteiger partial charge in [-0.05, 0) is 24.3 Å². The summed E-state index contributed by atoms with van der Waals surface area (Å²) in [6.45, 7) is 0.0176. The molecule has 0 bridgehead atoms. The van der Waals surface area contributed by atoms with Crippen LogP contribution < -0.4 is 10.6 Å². The average Bonchev–Trinajstić information content (AvgIpc) is 2.61. The number of nitrogen functional groups attached to an aromatic ring is 1. The van der Waals surface area contributed by atoms with Crippen molar-refractivity contribution in [1.29, 1.82) is 0 Å². The Hall–Kier alpha value is -2.84. The van der Waals surface area contributed by atoms with E-state index in [0.717, 1.165) is 0 Å². The fourth-order valence-corrected chi connectivity index (χ4v) is 2.27. The van der Waals surface area contributed by atoms with Gasteiger partial charge in [0, 0.05) is 41.6 Å². The molecule has 1 atom stereocenters. The van der Waals surface area contributed by atoms with Gasteiger partial charge >= 0.3 is 0 Å². The van der Waals surface area contributed by atoms with Gasteiger partial charge in [-0.25, -0.2) is 19.4 Å². The number of allylic oxidation sites excluding steroid dienone is 1. The Kier molecular flexibility index (Phi) is 4.78. The van der Waals surface area contributed by atoms with E-state index < -0.39 is 12.2 Å². The van der Waals surface area contributed by atoms with Gasteiger partial charge < -0.3 is 20.5 Å². The van der Waals surface area contributed by atoms with Gasteiger partial charge in [0.25, 0.3) is 0 Å². The van der Waals surface area contributed by atoms with Crippen molar-refractivity contribution in [3.8, 4) is 11.1 Å². The lowest BCUT2D eigenvalue weighted by Gasteiger charge is -2.29. The Bertz CT molecular complexity index is 764. The van der Waals surface area contributed by atoms with E-state index >= 15 is 0 Å². The molecule has 8 heteroatoms. The fraction of sp³-hybridized carbons (Fsp3) is 0.188. The highest BCUT2D eigenvalue weighted by Gasteiger charge is 2.19. The molecule has 7 nitrogen and oxygen atoms in total. The number of nitrogens with two attached hydrogens (primary N) is 1. The van der Waals surface area contributed by atoms with Crippen molar-refractivity contribution in [2.45, 2.75) is 6.35 Å². The number of nitrogens with zero attached hydrogens (tertiary/aromatic N) is 4. The zero-order valence-corrected chi connectivity index (χ0v) is 12.7. The summed E-state index contributed by atoms with van der Waals surface area (Å²) in [6.07, 6.45) is 7.34. The number of aromatic nitrogens is 2. The van der Waals surface area contributed by atoms with Crippen molar-refractivity contribution >= 4 is 17.9 Å². The predicted molar refractivity (Wildman–Crippen MR) is 88.8 cm³/mol. The maximum atomic E-state index is 14.5. The van der Waals surface area contributed by atoms with Gasteiger partial charge in [0.15, 0.2) is 0 Å². The van der Waals surface area contributed by atoms with Gasteiger partial charge in [0.05, 0.1) is 13.2 Å². The highest BCUT2D eigenvalue weighted by atomic mass is 19.1. The predicted octanol–water partition coefficient (Wildman–Crippen LogP) is 1.56. The average molecular weight is 329 g/mol. The molecule has 2 heterocycles. The van der Waals surface area contributed by atoms with E-state index in [-0.39, 0.29) is 19.2 Å². The van der Waals surface area contributed by atoms with Crippen LogP contribution in [0.25, 0.3) is 11.1 Å². The first kappa shape index (κ1) is 16.0. The molecule has 24 heavy (non-hydrogen) atoms. The van der Waals surface area contributed by atoms with Crippen LogP contribution in [-0.2, 0) is 4.74 Å². The molecule has 0 saturated heterocycles. The zero-order valence-electron chi connectivity index (χ0n) is 12.7. The van der Waals surface area contributed by atoms with Crippen LogP contribution in [-0.4, -0.2) is 40.9 Å². The lowest BCUT2D eigenvalue weighted by molar-refractivity contribution is 0.0367. The third-order valence-electron chi connectivity index (χ3n) is 3.38. The Labute approximate surface area is 137 Å². The number of halogens is 1. The minimum atomic E-state index is -0.646. The number of aliphatic hydroxyl groups excluding tert-OH is 1. The van der Waals surface area contributed by atoms with Crippen LogP contribution in [0.4, 0.5) is 16.0 Å². The Morgan fingerprint density at radius 1 is 1.29 bits per heavy atom. The van der Waals surface area contributed by atoms with Gasteiger partial charge in [-0.2, -0.15) is 0 Å². The molecule has 1 aromatic carbocycles. The molecule has 1 aliphatic rings. The Morgan fingerprint density at radius 2 is 2.08 bits per heavy atom. The minimum absolute atomic E-state index is 0.117. The zero-order chi connectivity index (χ0) is 16.9. The van der Waals surface area contributed by atoms with E-state index in [0.29, 0.717) is 16.8 Å². The maximum absolute atomic E-state index is 14.5. The van der Waals surface area contributed by atoms with Crippen molar-refractivity contribution in [1.82, 2.24) is 9.97 Å². The standard InChI is InChI=1S/C16H16FN5O2/c17-14-8-12(22-5-1-4-19-16(22)24-7-6-23)2-3-13(14)11-9-20-15(18)21-10-11/h1-5,8-10,16,23H,6-7H2,(H2,18,20,21). The lowest BCUT2D eigenvalue weighted by Crippen LogP contribution is -2.34. The summed E-state index contributed by atoms with van der Waals surface area (Å²) >= 11 is 0. The number of hydrogen-bond donors (Lipinski definition) is 2. The van der Waals surface area contributed by atoms with E-state index in [1.54, 1.807) is 35.5 Å². The van der Waals surface area contributed by atoms with Crippen LogP contribution in [0.1, 0.15) is 0 Å². The molecule has 124 valence electrons. The second-order valence-electron chi connectivity index (χ2n) is 4.96. The molecule has 1 unspecified atom stereocenters. The first-order chi connectivity index (χ1) is 11.7. The highest BCUT2D eigenvalue weighted by Crippen LogP contribution is 2.28. The van der Waals surface area contributed by atoms with Crippen molar-refractivity contribution in [3.63, 3.8) is 0 Å². The molecule has 0 spiro atoms. The summed E-state index contributed by atoms with van der Waals surface area (Å²) in [6, 6.07) is 4.76. The highest BCUT2D eigenvalue weighted by molar-refractivity contribution is 5.75. The molecule has 2 aromatic rings. The summed E-state index contributed by atoms with van der Waals surface area (Å²) in [5.41, 5.74) is 6.92. The van der Waals surface area contributed by atoms with Crippen LogP contribution in [0.2, 0.25) is 0 Å². The van der Waals surface area contributed by atoms with Gasteiger partial charge in [0.2, 0.25) is 12.3 Å². The Morgan fingerprint density at radius 3 is 2.79 bits per heavy atom. The van der Waals surface area contributed by atoms with Gasteiger partial charge in [0.1, 0.15) is 5.82 Å². The summed E-state index contributed by atoms with van der Waals surface area (Å²) in [7, 11) is 0. The molecule has 3 N–H and O–H groups in total. The largest absolute Gasteiger partial charge is 0.394 e. The molecule has 1 aliphatic heterocycles. The van der Waals surface area contributed by atoms with E-state index in [1.807, 2.05) is 0 Å². The summed E-state index contributed by atoms with van der Waals surface area (Å²) in [5.74, 6) is -0.291. The van der Waals surface area contributed by atoms with Crippen molar-refractivity contribution in [3.05, 3.63) is 48.7 Å². The number of benzene rings is 1. The molecule has 0 aliphatic carbocycles. The van der Waals surface area contributed by atoms with Crippen molar-refractivity contribution in [2.24, 2.45) is 4.99 Å².